The fourth-order valence-electron chi connectivity index (χ4n) is 2.33. The molecule has 0 bridgehead atoms. The van der Waals surface area contributed by atoms with Crippen LogP contribution in [0.15, 0.2) is 24.3 Å². The number of sulfone groups is 1. The Balaban J connectivity index is 1.62. The molecule has 1 saturated heterocycles. The summed E-state index contributed by atoms with van der Waals surface area (Å²) in [7, 11) is -3.15. The van der Waals surface area contributed by atoms with E-state index >= 15 is 0 Å². The predicted octanol–water partition coefficient (Wildman–Crippen LogP) is -0.384. The number of nitrogens with one attached hydrogen (secondary N) is 3. The molecule has 2 unspecified atom stereocenters. The summed E-state index contributed by atoms with van der Waals surface area (Å²) in [5.74, 6) is -0.471. The summed E-state index contributed by atoms with van der Waals surface area (Å²) >= 11 is 5.94. The number of carbonyl (C=O) groups is 1. The van der Waals surface area contributed by atoms with Crippen LogP contribution in [-0.4, -0.2) is 62.7 Å². The molecular weight excluding hydrogens is 342 g/mol. The molecule has 1 aromatic carbocycles. The van der Waals surface area contributed by atoms with E-state index in [4.69, 9.17) is 11.6 Å². The molecular formula is C14H20ClN3O4S. The van der Waals surface area contributed by atoms with Crippen LogP contribution in [0.3, 0.4) is 0 Å². The van der Waals surface area contributed by atoms with Crippen LogP contribution in [0, 0.1) is 0 Å². The van der Waals surface area contributed by atoms with Gasteiger partial charge in [-0.05, 0) is 12.1 Å². The number of hydrogen-bond donors (Lipinski definition) is 4. The maximum absolute atomic E-state index is 11.7. The largest absolute Gasteiger partial charge is 0.390 e. The zero-order valence-electron chi connectivity index (χ0n) is 12.5. The van der Waals surface area contributed by atoms with Crippen molar-refractivity contribution in [3.8, 4) is 0 Å². The molecule has 23 heavy (non-hydrogen) atoms. The number of para-hydroxylation sites is 1. The molecule has 0 saturated carbocycles. The molecule has 4 N–H and O–H groups in total. The predicted molar refractivity (Wildman–Crippen MR) is 89.4 cm³/mol. The monoisotopic (exact) mass is 361 g/mol. The van der Waals surface area contributed by atoms with E-state index in [1.54, 1.807) is 24.3 Å². The third-order valence-corrected chi connectivity index (χ3v) is 5.51. The first-order valence-electron chi connectivity index (χ1n) is 7.24. The highest BCUT2D eigenvalue weighted by molar-refractivity contribution is 7.91. The fraction of sp³-hybridized carbons (Fsp3) is 0.500. The van der Waals surface area contributed by atoms with Crippen LogP contribution in [0.1, 0.15) is 0 Å². The first-order valence-corrected chi connectivity index (χ1v) is 9.44. The number of anilines is 1. The standard InChI is InChI=1S/C14H20ClN3O4S/c15-10-3-1-2-4-11(10)18-14(20)7-16-5-6-17-12-8-23(21,22)9-13(12)19/h1-4,12-13,16-17,19H,5-9H2,(H,18,20). The second-order valence-electron chi connectivity index (χ2n) is 5.41. The van der Waals surface area contributed by atoms with Gasteiger partial charge in [0.1, 0.15) is 0 Å². The number of benzene rings is 1. The minimum Gasteiger partial charge on any atom is -0.390 e. The molecule has 1 aromatic rings. The van der Waals surface area contributed by atoms with Crippen molar-refractivity contribution < 1.29 is 18.3 Å². The van der Waals surface area contributed by atoms with Crippen molar-refractivity contribution in [2.75, 3.05) is 36.5 Å². The Bertz CT molecular complexity index is 653. The first kappa shape index (κ1) is 18.2. The lowest BCUT2D eigenvalue weighted by molar-refractivity contribution is -0.115. The van der Waals surface area contributed by atoms with Gasteiger partial charge in [0.25, 0.3) is 0 Å². The second-order valence-corrected chi connectivity index (χ2v) is 7.97. The summed E-state index contributed by atoms with van der Waals surface area (Å²) < 4.78 is 22.7. The Kier molecular flexibility index (Phi) is 6.37. The smallest absolute Gasteiger partial charge is 0.238 e. The molecule has 1 amide bonds. The van der Waals surface area contributed by atoms with E-state index in [2.05, 4.69) is 16.0 Å². The topological polar surface area (TPSA) is 108 Å². The summed E-state index contributed by atoms with van der Waals surface area (Å²) in [4.78, 5) is 11.7. The summed E-state index contributed by atoms with van der Waals surface area (Å²) in [6.07, 6.45) is -0.872. The Morgan fingerprint density at radius 1 is 1.26 bits per heavy atom. The summed E-state index contributed by atoms with van der Waals surface area (Å²) in [6, 6.07) is 6.51. The van der Waals surface area contributed by atoms with E-state index in [9.17, 15) is 18.3 Å². The molecule has 0 aromatic heterocycles. The van der Waals surface area contributed by atoms with Gasteiger partial charge in [-0.1, -0.05) is 23.7 Å². The van der Waals surface area contributed by atoms with Crippen LogP contribution in [0.5, 0.6) is 0 Å². The van der Waals surface area contributed by atoms with Gasteiger partial charge in [0, 0.05) is 19.1 Å². The van der Waals surface area contributed by atoms with E-state index in [0.29, 0.717) is 23.8 Å². The lowest BCUT2D eigenvalue weighted by atomic mass is 10.2. The third-order valence-electron chi connectivity index (χ3n) is 3.46. The van der Waals surface area contributed by atoms with Gasteiger partial charge in [0.15, 0.2) is 9.84 Å². The van der Waals surface area contributed by atoms with E-state index in [-0.39, 0.29) is 24.0 Å². The number of rotatable bonds is 7. The molecule has 2 atom stereocenters. The normalized spacial score (nSPS) is 22.9. The van der Waals surface area contributed by atoms with Crippen LogP contribution in [0.2, 0.25) is 5.02 Å². The average molecular weight is 362 g/mol. The molecule has 128 valence electrons. The molecule has 1 heterocycles. The van der Waals surface area contributed by atoms with Crippen LogP contribution in [-0.2, 0) is 14.6 Å². The Morgan fingerprint density at radius 2 is 2.00 bits per heavy atom. The van der Waals surface area contributed by atoms with Crippen LogP contribution < -0.4 is 16.0 Å². The zero-order chi connectivity index (χ0) is 16.9. The number of carbonyl (C=O) groups excluding carboxylic acids is 1. The molecule has 1 aliphatic heterocycles. The second kappa shape index (κ2) is 8.07. The van der Waals surface area contributed by atoms with E-state index < -0.39 is 22.0 Å². The highest BCUT2D eigenvalue weighted by Crippen LogP contribution is 2.19. The molecule has 7 nitrogen and oxygen atoms in total. The van der Waals surface area contributed by atoms with Crippen molar-refractivity contribution in [1.29, 1.82) is 0 Å². The van der Waals surface area contributed by atoms with Gasteiger partial charge in [-0.25, -0.2) is 8.42 Å². The highest BCUT2D eigenvalue weighted by atomic mass is 35.5. The van der Waals surface area contributed by atoms with Gasteiger partial charge >= 0.3 is 0 Å². The van der Waals surface area contributed by atoms with Gasteiger partial charge in [-0.2, -0.15) is 0 Å². The van der Waals surface area contributed by atoms with Crippen LogP contribution >= 0.6 is 11.6 Å². The minimum absolute atomic E-state index is 0.0544. The van der Waals surface area contributed by atoms with Crippen molar-refractivity contribution in [2.24, 2.45) is 0 Å². The maximum atomic E-state index is 11.7. The van der Waals surface area contributed by atoms with Gasteiger partial charge in [0.2, 0.25) is 5.91 Å². The lowest BCUT2D eigenvalue weighted by Crippen LogP contribution is -2.43. The van der Waals surface area contributed by atoms with Crippen molar-refractivity contribution in [1.82, 2.24) is 10.6 Å². The maximum Gasteiger partial charge on any atom is 0.238 e. The van der Waals surface area contributed by atoms with E-state index in [1.807, 2.05) is 0 Å². The SMILES string of the molecule is O=C(CNCCNC1CS(=O)(=O)CC1O)Nc1ccccc1Cl. The van der Waals surface area contributed by atoms with Crippen molar-refractivity contribution in [3.05, 3.63) is 29.3 Å². The van der Waals surface area contributed by atoms with Crippen molar-refractivity contribution in [3.63, 3.8) is 0 Å². The number of aliphatic hydroxyl groups is 1. The Hall–Kier alpha value is -1.19. The molecule has 1 fully saturated rings. The number of aliphatic hydroxyl groups excluding tert-OH is 1. The molecule has 1 aliphatic rings. The fourth-order valence-corrected chi connectivity index (χ4v) is 4.29. The van der Waals surface area contributed by atoms with Crippen molar-refractivity contribution in [2.45, 2.75) is 12.1 Å². The van der Waals surface area contributed by atoms with Gasteiger partial charge < -0.3 is 21.1 Å². The average Bonchev–Trinajstić information content (AvgIpc) is 2.73. The molecule has 0 aliphatic carbocycles. The number of amides is 1. The van der Waals surface area contributed by atoms with E-state index in [1.165, 1.54) is 0 Å². The van der Waals surface area contributed by atoms with Gasteiger partial charge in [-0.3, -0.25) is 4.79 Å². The first-order chi connectivity index (χ1) is 10.9. The zero-order valence-corrected chi connectivity index (χ0v) is 14.0. The quantitative estimate of drug-likeness (QED) is 0.493. The van der Waals surface area contributed by atoms with Crippen LogP contribution in [0.4, 0.5) is 5.69 Å². The van der Waals surface area contributed by atoms with Crippen molar-refractivity contribution >= 4 is 33.0 Å². The Morgan fingerprint density at radius 3 is 2.65 bits per heavy atom. The lowest BCUT2D eigenvalue weighted by Gasteiger charge is -2.15. The van der Waals surface area contributed by atoms with Gasteiger partial charge in [0.05, 0.1) is 34.9 Å². The summed E-state index contributed by atoms with van der Waals surface area (Å²) in [5.41, 5.74) is 0.554. The third kappa shape index (κ3) is 5.74. The molecule has 9 heteroatoms. The van der Waals surface area contributed by atoms with Crippen LogP contribution in [0.25, 0.3) is 0 Å². The van der Waals surface area contributed by atoms with E-state index in [0.717, 1.165) is 0 Å². The summed E-state index contributed by atoms with van der Waals surface area (Å²) in [5, 5.41) is 18.7. The molecule has 2 rings (SSSR count). The molecule has 0 radical (unpaired) electrons. The highest BCUT2D eigenvalue weighted by Gasteiger charge is 2.35. The van der Waals surface area contributed by atoms with Gasteiger partial charge in [-0.15, -0.1) is 0 Å². The minimum atomic E-state index is -3.15. The number of hydrogen-bond acceptors (Lipinski definition) is 6. The summed E-state index contributed by atoms with van der Waals surface area (Å²) in [6.45, 7) is 1.04. The molecule has 0 spiro atoms. The Labute approximate surface area is 140 Å². The number of halogens is 1.